The Bertz CT molecular complexity index is 933. The van der Waals surface area contributed by atoms with Gasteiger partial charge in [-0.2, -0.15) is 0 Å². The van der Waals surface area contributed by atoms with Crippen molar-refractivity contribution in [3.8, 4) is 0 Å². The lowest BCUT2D eigenvalue weighted by Gasteiger charge is -2.56. The quantitative estimate of drug-likeness (QED) is 0.693. The van der Waals surface area contributed by atoms with E-state index in [9.17, 15) is 5.11 Å². The number of benzene rings is 2. The summed E-state index contributed by atoms with van der Waals surface area (Å²) in [6, 6.07) is 19.9. The molecule has 2 aromatic rings. The molecule has 3 saturated heterocycles. The van der Waals surface area contributed by atoms with Gasteiger partial charge in [0.15, 0.2) is 12.1 Å². The van der Waals surface area contributed by atoms with Crippen LogP contribution in [0.25, 0.3) is 0 Å². The van der Waals surface area contributed by atoms with E-state index in [1.165, 1.54) is 0 Å². The molecule has 7 atom stereocenters. The number of hydrogen-bond donors (Lipinski definition) is 1. The molecule has 34 heavy (non-hydrogen) atoms. The normalized spacial score (nSPS) is 36.9. The van der Waals surface area contributed by atoms with Crippen LogP contribution >= 0.6 is 0 Å². The van der Waals surface area contributed by atoms with E-state index in [1.807, 2.05) is 74.5 Å². The largest absolute Gasteiger partial charge is 0.385 e. The van der Waals surface area contributed by atoms with Crippen molar-refractivity contribution in [1.82, 2.24) is 0 Å². The fraction of sp³-hybridized carbons (Fsp3) is 0.556. The van der Waals surface area contributed by atoms with Crippen molar-refractivity contribution in [3.05, 3.63) is 71.8 Å². The summed E-state index contributed by atoms with van der Waals surface area (Å²) in [5.74, 6) is -1.17. The predicted molar refractivity (Wildman–Crippen MR) is 124 cm³/mol. The Morgan fingerprint density at radius 2 is 1.53 bits per heavy atom. The number of hydrogen-bond acceptors (Lipinski definition) is 7. The lowest BCUT2D eigenvalue weighted by atomic mass is 9.77. The van der Waals surface area contributed by atoms with Crippen LogP contribution in [0.1, 0.15) is 31.9 Å². The van der Waals surface area contributed by atoms with Crippen LogP contribution in [-0.2, 0) is 41.6 Å². The van der Waals surface area contributed by atoms with E-state index in [1.54, 1.807) is 6.92 Å². The summed E-state index contributed by atoms with van der Waals surface area (Å²) in [6.07, 6.45) is -2.35. The van der Waals surface area contributed by atoms with E-state index in [0.29, 0.717) is 19.8 Å². The van der Waals surface area contributed by atoms with Gasteiger partial charge in [-0.05, 0) is 31.9 Å². The van der Waals surface area contributed by atoms with Gasteiger partial charge in [0.1, 0.15) is 17.8 Å². The molecule has 2 aromatic carbocycles. The highest BCUT2D eigenvalue weighted by Gasteiger charge is 2.60. The van der Waals surface area contributed by atoms with Crippen molar-refractivity contribution in [3.63, 3.8) is 0 Å². The van der Waals surface area contributed by atoms with Crippen LogP contribution in [0.15, 0.2) is 60.7 Å². The summed E-state index contributed by atoms with van der Waals surface area (Å²) in [6.45, 7) is 6.76. The minimum absolute atomic E-state index is 0.101. The predicted octanol–water partition coefficient (Wildman–Crippen LogP) is 3.43. The second kappa shape index (κ2) is 9.66. The van der Waals surface area contributed by atoms with Gasteiger partial charge in [-0.15, -0.1) is 0 Å². The molecule has 7 nitrogen and oxygen atoms in total. The molecule has 0 aromatic heterocycles. The zero-order valence-corrected chi connectivity index (χ0v) is 20.0. The molecule has 184 valence electrons. The van der Waals surface area contributed by atoms with Crippen LogP contribution in [0.3, 0.4) is 0 Å². The van der Waals surface area contributed by atoms with Gasteiger partial charge < -0.3 is 33.5 Å². The Morgan fingerprint density at radius 1 is 0.912 bits per heavy atom. The smallest absolute Gasteiger partial charge is 0.166 e. The van der Waals surface area contributed by atoms with Crippen molar-refractivity contribution < 1.29 is 33.5 Å². The van der Waals surface area contributed by atoms with E-state index in [0.717, 1.165) is 11.1 Å². The van der Waals surface area contributed by atoms with Crippen molar-refractivity contribution in [2.24, 2.45) is 5.92 Å². The highest BCUT2D eigenvalue weighted by atomic mass is 16.8. The Labute approximate surface area is 200 Å². The Hall–Kier alpha value is -1.84. The Morgan fingerprint density at radius 3 is 2.18 bits per heavy atom. The van der Waals surface area contributed by atoms with Gasteiger partial charge in [0.25, 0.3) is 0 Å². The first-order chi connectivity index (χ1) is 16.3. The second-order valence-corrected chi connectivity index (χ2v) is 10.1. The average molecular weight is 471 g/mol. The molecule has 1 N–H and O–H groups in total. The molecule has 3 heterocycles. The molecule has 7 heteroatoms. The van der Waals surface area contributed by atoms with Crippen molar-refractivity contribution in [1.29, 1.82) is 0 Å². The highest BCUT2D eigenvalue weighted by Crippen LogP contribution is 2.44. The third-order valence-corrected chi connectivity index (χ3v) is 6.77. The van der Waals surface area contributed by atoms with Crippen LogP contribution in [0.2, 0.25) is 0 Å². The molecule has 0 spiro atoms. The maximum atomic E-state index is 11.3. The molecule has 0 bridgehead atoms. The fourth-order valence-electron chi connectivity index (χ4n) is 5.08. The van der Waals surface area contributed by atoms with E-state index in [4.69, 9.17) is 28.4 Å². The second-order valence-electron chi connectivity index (χ2n) is 10.1. The van der Waals surface area contributed by atoms with Crippen LogP contribution in [0.5, 0.6) is 0 Å². The zero-order valence-electron chi connectivity index (χ0n) is 20.0. The minimum Gasteiger partial charge on any atom is -0.385 e. The minimum atomic E-state index is -1.22. The van der Waals surface area contributed by atoms with Crippen LogP contribution < -0.4 is 0 Å². The van der Waals surface area contributed by atoms with Crippen LogP contribution in [-0.4, -0.2) is 60.4 Å². The average Bonchev–Trinajstić information content (AvgIpc) is 2.82. The molecule has 5 rings (SSSR count). The van der Waals surface area contributed by atoms with Gasteiger partial charge in [-0.3, -0.25) is 0 Å². The summed E-state index contributed by atoms with van der Waals surface area (Å²) in [5.41, 5.74) is 0.862. The van der Waals surface area contributed by atoms with Crippen LogP contribution in [0.4, 0.5) is 0 Å². The summed E-state index contributed by atoms with van der Waals surface area (Å²) >= 11 is 0. The molecule has 0 amide bonds. The number of aliphatic hydroxyl groups is 1. The van der Waals surface area contributed by atoms with Crippen molar-refractivity contribution >= 4 is 0 Å². The highest BCUT2D eigenvalue weighted by molar-refractivity contribution is 5.15. The molecule has 3 aliphatic heterocycles. The van der Waals surface area contributed by atoms with E-state index >= 15 is 0 Å². The molecule has 3 fully saturated rings. The van der Waals surface area contributed by atoms with Gasteiger partial charge in [0.05, 0.1) is 44.6 Å². The zero-order chi connectivity index (χ0) is 23.8. The standard InChI is InChI=1S/C27H34O7/c1-26(2)32-16-20-22(34-26)23(29-14-18-10-6-4-7-11-18)21-24(27(3,28)17-31-25(21)33-20)30-15-19-12-8-5-9-13-19/h4-13,20-25,28H,14-17H2,1-3H3/t20-,21+,22-,23-,24+,25+,27+/m1/s1. The molecule has 0 unspecified atom stereocenters. The summed E-state index contributed by atoms with van der Waals surface area (Å²) in [7, 11) is 0. The first kappa shape index (κ1) is 23.9. The van der Waals surface area contributed by atoms with Crippen molar-refractivity contribution in [2.75, 3.05) is 13.2 Å². The van der Waals surface area contributed by atoms with Crippen LogP contribution in [0, 0.1) is 5.92 Å². The topological polar surface area (TPSA) is 75.6 Å². The third-order valence-electron chi connectivity index (χ3n) is 6.77. The van der Waals surface area contributed by atoms with Gasteiger partial charge in [-0.1, -0.05) is 60.7 Å². The molecular formula is C27H34O7. The molecule has 0 saturated carbocycles. The lowest BCUT2D eigenvalue weighted by Crippen LogP contribution is -2.70. The monoisotopic (exact) mass is 470 g/mol. The molecule has 3 aliphatic rings. The Balaban J connectivity index is 1.44. The molecular weight excluding hydrogens is 436 g/mol. The SMILES string of the molecule is CC1(C)OC[C@H]2O[C@@H]3OC[C@](C)(O)[C@@H](OCc4ccccc4)[C@@H]3[C@@H](OCc3ccccc3)[C@@H]2O1. The maximum Gasteiger partial charge on any atom is 0.166 e. The van der Waals surface area contributed by atoms with Gasteiger partial charge in [0, 0.05) is 0 Å². The van der Waals surface area contributed by atoms with Gasteiger partial charge in [-0.25, -0.2) is 0 Å². The van der Waals surface area contributed by atoms with E-state index in [-0.39, 0.29) is 12.7 Å². The van der Waals surface area contributed by atoms with E-state index < -0.39 is 41.9 Å². The number of ether oxygens (including phenoxy) is 6. The molecule has 0 radical (unpaired) electrons. The summed E-state index contributed by atoms with van der Waals surface area (Å²) < 4.78 is 37.5. The fourth-order valence-corrected chi connectivity index (χ4v) is 5.08. The van der Waals surface area contributed by atoms with Gasteiger partial charge >= 0.3 is 0 Å². The first-order valence-electron chi connectivity index (χ1n) is 11.9. The summed E-state index contributed by atoms with van der Waals surface area (Å²) in [4.78, 5) is 0. The number of rotatable bonds is 6. The van der Waals surface area contributed by atoms with Gasteiger partial charge in [0.2, 0.25) is 0 Å². The van der Waals surface area contributed by atoms with E-state index in [2.05, 4.69) is 0 Å². The molecule has 0 aliphatic carbocycles. The maximum absolute atomic E-state index is 11.3. The third kappa shape index (κ3) is 5.06. The lowest BCUT2D eigenvalue weighted by molar-refractivity contribution is -0.407. The first-order valence-corrected chi connectivity index (χ1v) is 11.9. The summed E-state index contributed by atoms with van der Waals surface area (Å²) in [5, 5.41) is 11.3. The Kier molecular flexibility index (Phi) is 6.79. The number of fused-ring (bicyclic) bond motifs is 2. The van der Waals surface area contributed by atoms with Crippen molar-refractivity contribution in [2.45, 2.75) is 76.1 Å².